The molecule has 7 nitrogen and oxygen atoms in total. The summed E-state index contributed by atoms with van der Waals surface area (Å²) in [6.07, 6.45) is 7.70. The van der Waals surface area contributed by atoms with Crippen molar-refractivity contribution in [2.75, 3.05) is 54.0 Å². The Bertz CT molecular complexity index is 738. The number of nitrogens with one attached hydrogen (secondary N) is 1. The van der Waals surface area contributed by atoms with Gasteiger partial charge in [-0.1, -0.05) is 0 Å². The van der Waals surface area contributed by atoms with Gasteiger partial charge in [-0.3, -0.25) is 14.4 Å². The van der Waals surface area contributed by atoms with Gasteiger partial charge in [-0.25, -0.2) is 0 Å². The SMILES string of the molecule is CNCCN(C)Cc1nn2c(c1C1CCC3(CC1)CCN(CCOC)C3=O)CCC2. The molecular formula is C23H39N5O2. The predicted octanol–water partition coefficient (Wildman–Crippen LogP) is 2.00. The maximum absolute atomic E-state index is 13.1. The van der Waals surface area contributed by atoms with Crippen molar-refractivity contribution in [1.29, 1.82) is 0 Å². The minimum absolute atomic E-state index is 0.107. The molecule has 3 aliphatic rings. The number of aryl methyl sites for hydroxylation is 1. The zero-order valence-corrected chi connectivity index (χ0v) is 19.1. The van der Waals surface area contributed by atoms with Crippen LogP contribution in [-0.2, 0) is 29.0 Å². The second-order valence-electron chi connectivity index (χ2n) is 9.56. The van der Waals surface area contributed by atoms with Gasteiger partial charge in [-0.05, 0) is 65.0 Å². The quantitative estimate of drug-likeness (QED) is 0.666. The topological polar surface area (TPSA) is 62.6 Å². The maximum atomic E-state index is 13.1. The van der Waals surface area contributed by atoms with E-state index in [1.807, 2.05) is 11.9 Å². The van der Waals surface area contributed by atoms with Crippen LogP contribution >= 0.6 is 0 Å². The van der Waals surface area contributed by atoms with Crippen LogP contribution in [0.4, 0.5) is 0 Å². The molecule has 1 spiro atoms. The van der Waals surface area contributed by atoms with Crippen molar-refractivity contribution in [3.63, 3.8) is 0 Å². The van der Waals surface area contributed by atoms with Crippen molar-refractivity contribution >= 4 is 5.91 Å². The zero-order valence-electron chi connectivity index (χ0n) is 19.1. The van der Waals surface area contributed by atoms with E-state index in [1.165, 1.54) is 23.4 Å². The third kappa shape index (κ3) is 4.16. The van der Waals surface area contributed by atoms with Gasteiger partial charge in [0, 0.05) is 57.6 Å². The van der Waals surface area contributed by atoms with Crippen LogP contribution in [0.15, 0.2) is 0 Å². The van der Waals surface area contributed by atoms with Crippen LogP contribution < -0.4 is 5.32 Å². The Morgan fingerprint density at radius 2 is 2.07 bits per heavy atom. The molecule has 0 unspecified atom stereocenters. The van der Waals surface area contributed by atoms with Crippen LogP contribution in [0.3, 0.4) is 0 Å². The van der Waals surface area contributed by atoms with E-state index in [9.17, 15) is 4.79 Å². The highest BCUT2D eigenvalue weighted by atomic mass is 16.5. The fourth-order valence-electron chi connectivity index (χ4n) is 5.87. The number of aromatic nitrogens is 2. The maximum Gasteiger partial charge on any atom is 0.228 e. The lowest BCUT2D eigenvalue weighted by Gasteiger charge is -2.36. The first-order valence-corrected chi connectivity index (χ1v) is 11.8. The Morgan fingerprint density at radius 1 is 1.27 bits per heavy atom. The second-order valence-corrected chi connectivity index (χ2v) is 9.56. The largest absolute Gasteiger partial charge is 0.383 e. The molecule has 1 aliphatic carbocycles. The number of nitrogens with zero attached hydrogens (tertiary/aromatic N) is 4. The zero-order chi connectivity index (χ0) is 21.1. The first-order chi connectivity index (χ1) is 14.6. The normalized spacial score (nSPS) is 26.3. The highest BCUT2D eigenvalue weighted by molar-refractivity contribution is 5.85. The highest BCUT2D eigenvalue weighted by Gasteiger charge is 2.48. The number of carbonyl (C=O) groups excluding carboxylic acids is 1. The number of hydrogen-bond donors (Lipinski definition) is 1. The van der Waals surface area contributed by atoms with E-state index < -0.39 is 0 Å². The van der Waals surface area contributed by atoms with E-state index in [2.05, 4.69) is 21.9 Å². The molecule has 1 amide bonds. The molecule has 168 valence electrons. The molecule has 1 saturated heterocycles. The Labute approximate surface area is 181 Å². The van der Waals surface area contributed by atoms with E-state index in [1.54, 1.807) is 7.11 Å². The van der Waals surface area contributed by atoms with Crippen LogP contribution in [0.1, 0.15) is 61.4 Å². The van der Waals surface area contributed by atoms with E-state index in [0.717, 1.165) is 77.8 Å². The monoisotopic (exact) mass is 417 g/mol. The molecule has 1 saturated carbocycles. The number of carbonyl (C=O) groups is 1. The molecule has 1 aromatic heterocycles. The summed E-state index contributed by atoms with van der Waals surface area (Å²) in [5.41, 5.74) is 4.18. The molecule has 1 N–H and O–H groups in total. The Kier molecular flexibility index (Phi) is 6.80. The predicted molar refractivity (Wildman–Crippen MR) is 118 cm³/mol. The number of fused-ring (bicyclic) bond motifs is 1. The van der Waals surface area contributed by atoms with Crippen LogP contribution in [0.5, 0.6) is 0 Å². The van der Waals surface area contributed by atoms with Crippen LogP contribution in [-0.4, -0.2) is 79.5 Å². The molecule has 0 aromatic carbocycles. The standard InChI is InChI=1S/C23H39N5O2/c1-24-11-14-26(2)17-19-21(20-5-4-12-28(20)25-19)18-6-8-23(9-7-18)10-13-27(22(23)29)15-16-30-3/h18,24H,4-17H2,1-3H3. The third-order valence-corrected chi connectivity index (χ3v) is 7.64. The second kappa shape index (κ2) is 9.37. The fraction of sp³-hybridized carbons (Fsp3) is 0.826. The lowest BCUT2D eigenvalue weighted by molar-refractivity contribution is -0.138. The lowest BCUT2D eigenvalue weighted by Crippen LogP contribution is -2.38. The molecule has 4 rings (SSSR count). The van der Waals surface area contributed by atoms with Crippen molar-refractivity contribution in [2.45, 2.75) is 64.0 Å². The Morgan fingerprint density at radius 3 is 2.80 bits per heavy atom. The number of hydrogen-bond acceptors (Lipinski definition) is 5. The van der Waals surface area contributed by atoms with Crippen LogP contribution in [0.2, 0.25) is 0 Å². The smallest absolute Gasteiger partial charge is 0.228 e. The van der Waals surface area contributed by atoms with Crippen molar-refractivity contribution in [2.24, 2.45) is 5.41 Å². The van der Waals surface area contributed by atoms with Crippen molar-refractivity contribution < 1.29 is 9.53 Å². The first-order valence-electron chi connectivity index (χ1n) is 11.8. The fourth-order valence-corrected chi connectivity index (χ4v) is 5.87. The molecule has 30 heavy (non-hydrogen) atoms. The molecular weight excluding hydrogens is 378 g/mol. The number of likely N-dealkylation sites (N-methyl/N-ethyl adjacent to an activating group) is 2. The van der Waals surface area contributed by atoms with Gasteiger partial charge in [0.05, 0.1) is 17.7 Å². The summed E-state index contributed by atoms with van der Waals surface area (Å²) in [4.78, 5) is 17.5. The number of likely N-dealkylation sites (tertiary alicyclic amines) is 1. The van der Waals surface area contributed by atoms with Gasteiger partial charge in [0.25, 0.3) is 0 Å². The van der Waals surface area contributed by atoms with Gasteiger partial charge < -0.3 is 15.0 Å². The van der Waals surface area contributed by atoms with E-state index in [4.69, 9.17) is 9.84 Å². The molecule has 0 bridgehead atoms. The molecule has 0 radical (unpaired) electrons. The van der Waals surface area contributed by atoms with Gasteiger partial charge in [-0.2, -0.15) is 5.10 Å². The minimum atomic E-state index is -0.107. The van der Waals surface area contributed by atoms with Gasteiger partial charge in [0.15, 0.2) is 0 Å². The summed E-state index contributed by atoms with van der Waals surface area (Å²) in [5.74, 6) is 0.941. The number of methoxy groups -OCH3 is 1. The van der Waals surface area contributed by atoms with Crippen molar-refractivity contribution in [3.8, 4) is 0 Å². The lowest BCUT2D eigenvalue weighted by atomic mass is 9.67. The number of ether oxygens (including phenoxy) is 1. The molecule has 2 fully saturated rings. The molecule has 7 heteroatoms. The van der Waals surface area contributed by atoms with Gasteiger partial charge in [-0.15, -0.1) is 0 Å². The summed E-state index contributed by atoms with van der Waals surface area (Å²) < 4.78 is 7.47. The summed E-state index contributed by atoms with van der Waals surface area (Å²) in [6, 6.07) is 0. The van der Waals surface area contributed by atoms with Crippen molar-refractivity contribution in [1.82, 2.24) is 24.9 Å². The third-order valence-electron chi connectivity index (χ3n) is 7.64. The summed E-state index contributed by atoms with van der Waals surface area (Å²) in [7, 11) is 5.90. The summed E-state index contributed by atoms with van der Waals surface area (Å²) in [6.45, 7) is 6.27. The first kappa shape index (κ1) is 21.8. The molecule has 2 aliphatic heterocycles. The van der Waals surface area contributed by atoms with Crippen LogP contribution in [0, 0.1) is 5.41 Å². The van der Waals surface area contributed by atoms with Crippen molar-refractivity contribution in [3.05, 3.63) is 17.0 Å². The number of rotatable bonds is 9. The van der Waals surface area contributed by atoms with Gasteiger partial charge in [0.2, 0.25) is 5.91 Å². The van der Waals surface area contributed by atoms with E-state index in [-0.39, 0.29) is 5.41 Å². The molecule has 1 aromatic rings. The molecule has 0 atom stereocenters. The average Bonchev–Trinajstić information content (AvgIpc) is 3.41. The minimum Gasteiger partial charge on any atom is -0.383 e. The number of amides is 1. The van der Waals surface area contributed by atoms with Crippen LogP contribution in [0.25, 0.3) is 0 Å². The van der Waals surface area contributed by atoms with E-state index in [0.29, 0.717) is 18.4 Å². The average molecular weight is 418 g/mol. The Hall–Kier alpha value is -1.44. The molecule has 3 heterocycles. The highest BCUT2D eigenvalue weighted by Crippen LogP contribution is 2.50. The van der Waals surface area contributed by atoms with E-state index >= 15 is 0 Å². The Balaban J connectivity index is 1.45. The van der Waals surface area contributed by atoms with Gasteiger partial charge in [0.1, 0.15) is 0 Å². The summed E-state index contributed by atoms with van der Waals surface area (Å²) in [5, 5.41) is 8.27. The van der Waals surface area contributed by atoms with Gasteiger partial charge >= 0.3 is 0 Å². The summed E-state index contributed by atoms with van der Waals surface area (Å²) >= 11 is 0.